The first-order chi connectivity index (χ1) is 13.2. The third kappa shape index (κ3) is 5.32. The van der Waals surface area contributed by atoms with Gasteiger partial charge in [-0.25, -0.2) is 4.79 Å². The minimum absolute atomic E-state index is 0.0276. The lowest BCUT2D eigenvalue weighted by molar-refractivity contribution is 0.197. The first kappa shape index (κ1) is 18.9. The average Bonchev–Trinajstić information content (AvgIpc) is 3.22. The summed E-state index contributed by atoms with van der Waals surface area (Å²) in [6, 6.07) is 19.5. The van der Waals surface area contributed by atoms with Gasteiger partial charge in [0.2, 0.25) is 0 Å². The molecule has 5 nitrogen and oxygen atoms in total. The van der Waals surface area contributed by atoms with E-state index in [9.17, 15) is 4.79 Å². The predicted molar refractivity (Wildman–Crippen MR) is 106 cm³/mol. The van der Waals surface area contributed by atoms with Crippen molar-refractivity contribution in [3.05, 3.63) is 71.3 Å². The van der Waals surface area contributed by atoms with Crippen LogP contribution in [0.2, 0.25) is 0 Å². The zero-order chi connectivity index (χ0) is 19.1. The summed E-state index contributed by atoms with van der Waals surface area (Å²) in [5.41, 5.74) is 2.76. The monoisotopic (exact) mass is 362 g/mol. The zero-order valence-electron chi connectivity index (χ0n) is 15.8. The topological polar surface area (TPSA) is 59.4 Å². The van der Waals surface area contributed by atoms with Crippen LogP contribution in [0, 0.1) is 11.3 Å². The Bertz CT molecular complexity index is 776. The maximum Gasteiger partial charge on any atom is 0.317 e. The molecule has 0 aliphatic carbocycles. The number of likely N-dealkylation sites (tertiary alicyclic amines) is 1. The number of carbonyl (C=O) groups is 1. The minimum atomic E-state index is -0.0904. The van der Waals surface area contributed by atoms with E-state index in [1.165, 1.54) is 12.8 Å². The van der Waals surface area contributed by atoms with Crippen molar-refractivity contribution < 1.29 is 4.79 Å². The van der Waals surface area contributed by atoms with Gasteiger partial charge in [0.05, 0.1) is 17.7 Å². The van der Waals surface area contributed by atoms with Crippen LogP contribution in [0.3, 0.4) is 0 Å². The van der Waals surface area contributed by atoms with E-state index in [4.69, 9.17) is 5.26 Å². The van der Waals surface area contributed by atoms with Crippen LogP contribution in [0.15, 0.2) is 54.6 Å². The predicted octanol–water partition coefficient (Wildman–Crippen LogP) is 3.54. The van der Waals surface area contributed by atoms with Crippen LogP contribution in [0.4, 0.5) is 4.79 Å². The number of benzene rings is 2. The summed E-state index contributed by atoms with van der Waals surface area (Å²) < 4.78 is 0. The molecule has 2 aromatic carbocycles. The van der Waals surface area contributed by atoms with Crippen molar-refractivity contribution in [3.8, 4) is 6.07 Å². The van der Waals surface area contributed by atoms with Gasteiger partial charge >= 0.3 is 6.03 Å². The van der Waals surface area contributed by atoms with E-state index < -0.39 is 0 Å². The molecule has 3 rings (SSSR count). The third-order valence-electron chi connectivity index (χ3n) is 4.99. The fourth-order valence-corrected chi connectivity index (χ4v) is 3.43. The molecule has 0 bridgehead atoms. The van der Waals surface area contributed by atoms with Gasteiger partial charge in [-0.15, -0.1) is 0 Å². The molecule has 2 amide bonds. The Labute approximate surface area is 161 Å². The van der Waals surface area contributed by atoms with E-state index in [-0.39, 0.29) is 12.1 Å². The molecule has 1 fully saturated rings. The molecule has 0 saturated carbocycles. The molecule has 2 aromatic rings. The molecule has 0 spiro atoms. The third-order valence-corrected chi connectivity index (χ3v) is 4.99. The number of carbonyl (C=O) groups excluding carboxylic acids is 1. The Morgan fingerprint density at radius 3 is 2.44 bits per heavy atom. The van der Waals surface area contributed by atoms with Crippen LogP contribution in [0.25, 0.3) is 0 Å². The number of urea groups is 1. The number of nitrogens with zero attached hydrogens (tertiary/aromatic N) is 3. The highest BCUT2D eigenvalue weighted by Gasteiger charge is 2.22. The van der Waals surface area contributed by atoms with Crippen molar-refractivity contribution in [2.45, 2.75) is 25.4 Å². The Balaban J connectivity index is 1.64. The van der Waals surface area contributed by atoms with Gasteiger partial charge in [0.1, 0.15) is 0 Å². The van der Waals surface area contributed by atoms with Gasteiger partial charge in [0.25, 0.3) is 0 Å². The molecular weight excluding hydrogens is 336 g/mol. The lowest BCUT2D eigenvalue weighted by Crippen LogP contribution is -2.42. The van der Waals surface area contributed by atoms with E-state index in [0.29, 0.717) is 12.1 Å². The van der Waals surface area contributed by atoms with Gasteiger partial charge in [0.15, 0.2) is 0 Å². The second kappa shape index (κ2) is 9.20. The normalized spacial score (nSPS) is 15.1. The molecule has 1 saturated heterocycles. The van der Waals surface area contributed by atoms with Crippen molar-refractivity contribution >= 4 is 6.03 Å². The summed E-state index contributed by atoms with van der Waals surface area (Å²) in [6.45, 7) is 3.53. The quantitative estimate of drug-likeness (QED) is 0.855. The molecule has 1 atom stereocenters. The van der Waals surface area contributed by atoms with Gasteiger partial charge in [-0.2, -0.15) is 5.26 Å². The van der Waals surface area contributed by atoms with Crippen LogP contribution in [-0.4, -0.2) is 42.5 Å². The van der Waals surface area contributed by atoms with Crippen molar-refractivity contribution in [3.63, 3.8) is 0 Å². The molecule has 1 aliphatic rings. The summed E-state index contributed by atoms with van der Waals surface area (Å²) in [7, 11) is 1.80. The van der Waals surface area contributed by atoms with Crippen molar-refractivity contribution in [1.29, 1.82) is 5.26 Å². The fraction of sp³-hybridized carbons (Fsp3) is 0.364. The SMILES string of the molecule is CN(Cc1ccc(C#N)cc1)C(=O)NC(CN1CCCC1)c1ccccc1. The van der Waals surface area contributed by atoms with Crippen LogP contribution < -0.4 is 5.32 Å². The Morgan fingerprint density at radius 1 is 1.15 bits per heavy atom. The van der Waals surface area contributed by atoms with Crippen molar-refractivity contribution in [1.82, 2.24) is 15.1 Å². The second-order valence-corrected chi connectivity index (χ2v) is 7.09. The summed E-state index contributed by atoms with van der Waals surface area (Å²) in [5, 5.41) is 12.1. The molecule has 1 N–H and O–H groups in total. The van der Waals surface area contributed by atoms with E-state index >= 15 is 0 Å². The van der Waals surface area contributed by atoms with Gasteiger partial charge in [-0.3, -0.25) is 0 Å². The van der Waals surface area contributed by atoms with E-state index in [0.717, 1.165) is 30.8 Å². The number of hydrogen-bond donors (Lipinski definition) is 1. The summed E-state index contributed by atoms with van der Waals surface area (Å²) in [6.07, 6.45) is 2.46. The van der Waals surface area contributed by atoms with Crippen LogP contribution in [0.5, 0.6) is 0 Å². The van der Waals surface area contributed by atoms with Crippen molar-refractivity contribution in [2.24, 2.45) is 0 Å². The molecule has 1 aliphatic heterocycles. The van der Waals surface area contributed by atoms with Gasteiger partial charge in [-0.1, -0.05) is 42.5 Å². The van der Waals surface area contributed by atoms with Gasteiger partial charge < -0.3 is 15.1 Å². The van der Waals surface area contributed by atoms with E-state index in [1.54, 1.807) is 24.1 Å². The average molecular weight is 362 g/mol. The second-order valence-electron chi connectivity index (χ2n) is 7.09. The van der Waals surface area contributed by atoms with E-state index in [2.05, 4.69) is 28.4 Å². The number of nitriles is 1. The molecular formula is C22H26N4O. The highest BCUT2D eigenvalue weighted by atomic mass is 16.2. The standard InChI is InChI=1S/C22H26N4O/c1-25(16-19-11-9-18(15-23)10-12-19)22(27)24-21(17-26-13-5-6-14-26)20-7-3-2-4-8-20/h2-4,7-12,21H,5-6,13-14,16-17H2,1H3,(H,24,27). The Hall–Kier alpha value is -2.84. The molecule has 1 unspecified atom stereocenters. The van der Waals surface area contributed by atoms with E-state index in [1.807, 2.05) is 30.3 Å². The largest absolute Gasteiger partial charge is 0.330 e. The van der Waals surface area contributed by atoms with Crippen LogP contribution >= 0.6 is 0 Å². The summed E-state index contributed by atoms with van der Waals surface area (Å²) >= 11 is 0. The molecule has 5 heteroatoms. The highest BCUT2D eigenvalue weighted by Crippen LogP contribution is 2.18. The Morgan fingerprint density at radius 2 is 1.81 bits per heavy atom. The van der Waals surface area contributed by atoms with Crippen LogP contribution in [-0.2, 0) is 6.54 Å². The number of hydrogen-bond acceptors (Lipinski definition) is 3. The summed E-state index contributed by atoms with van der Waals surface area (Å²) in [5.74, 6) is 0. The maximum atomic E-state index is 12.8. The number of nitrogens with one attached hydrogen (secondary N) is 1. The molecule has 27 heavy (non-hydrogen) atoms. The maximum absolute atomic E-state index is 12.8. The smallest absolute Gasteiger partial charge is 0.317 e. The first-order valence-electron chi connectivity index (χ1n) is 9.43. The van der Waals surface area contributed by atoms with Crippen LogP contribution in [0.1, 0.15) is 35.6 Å². The number of rotatable bonds is 6. The summed E-state index contributed by atoms with van der Waals surface area (Å²) in [4.78, 5) is 16.9. The molecule has 1 heterocycles. The Kier molecular flexibility index (Phi) is 6.45. The number of amides is 2. The van der Waals surface area contributed by atoms with Crippen molar-refractivity contribution in [2.75, 3.05) is 26.7 Å². The van der Waals surface area contributed by atoms with Gasteiger partial charge in [0, 0.05) is 20.1 Å². The molecule has 140 valence electrons. The lowest BCUT2D eigenvalue weighted by Gasteiger charge is -2.27. The minimum Gasteiger partial charge on any atom is -0.330 e. The molecule has 0 aromatic heterocycles. The van der Waals surface area contributed by atoms with Gasteiger partial charge in [-0.05, 0) is 49.2 Å². The fourth-order valence-electron chi connectivity index (χ4n) is 3.43. The molecule has 0 radical (unpaired) electrons. The first-order valence-corrected chi connectivity index (χ1v) is 9.43. The zero-order valence-corrected chi connectivity index (χ0v) is 15.8. The lowest BCUT2D eigenvalue weighted by atomic mass is 10.1. The highest BCUT2D eigenvalue weighted by molar-refractivity contribution is 5.74.